The van der Waals surface area contributed by atoms with Gasteiger partial charge in [0.25, 0.3) is 0 Å². The fourth-order valence-corrected chi connectivity index (χ4v) is 2.65. The van der Waals surface area contributed by atoms with Gasteiger partial charge < -0.3 is 5.73 Å². The van der Waals surface area contributed by atoms with E-state index in [0.29, 0.717) is 0 Å². The molecule has 78 valence electrons. The van der Waals surface area contributed by atoms with Crippen molar-refractivity contribution < 1.29 is 0 Å². The zero-order valence-electron chi connectivity index (χ0n) is 9.31. The van der Waals surface area contributed by atoms with Crippen molar-refractivity contribution in [3.63, 3.8) is 0 Å². The van der Waals surface area contributed by atoms with E-state index >= 15 is 0 Å². The van der Waals surface area contributed by atoms with Gasteiger partial charge in [-0.05, 0) is 25.2 Å². The van der Waals surface area contributed by atoms with Crippen LogP contribution in [0.25, 0.3) is 0 Å². The van der Waals surface area contributed by atoms with Crippen LogP contribution in [0.15, 0.2) is 0 Å². The predicted molar refractivity (Wildman–Crippen MR) is 58.7 cm³/mol. The fourth-order valence-electron chi connectivity index (χ4n) is 2.65. The standard InChI is InChI=1S/C12H25N/c1-3-4-5-8-12(13)9-6-7-11(2)10-12/h11H,3-10,13H2,1-2H3. The van der Waals surface area contributed by atoms with Gasteiger partial charge in [-0.2, -0.15) is 0 Å². The molecule has 1 heteroatoms. The minimum Gasteiger partial charge on any atom is -0.325 e. The van der Waals surface area contributed by atoms with E-state index in [4.69, 9.17) is 5.73 Å². The fraction of sp³-hybridized carbons (Fsp3) is 1.00. The van der Waals surface area contributed by atoms with Crippen LogP contribution in [0.2, 0.25) is 0 Å². The zero-order valence-corrected chi connectivity index (χ0v) is 9.31. The molecule has 1 rings (SSSR count). The molecule has 0 heterocycles. The Morgan fingerprint density at radius 1 is 1.38 bits per heavy atom. The van der Waals surface area contributed by atoms with Crippen LogP contribution in [-0.2, 0) is 0 Å². The maximum atomic E-state index is 6.39. The quantitative estimate of drug-likeness (QED) is 0.663. The summed E-state index contributed by atoms with van der Waals surface area (Å²) in [6.45, 7) is 4.60. The summed E-state index contributed by atoms with van der Waals surface area (Å²) in [4.78, 5) is 0. The molecule has 2 N–H and O–H groups in total. The van der Waals surface area contributed by atoms with E-state index in [1.165, 1.54) is 51.4 Å². The molecule has 0 spiro atoms. The third-order valence-electron chi connectivity index (χ3n) is 3.40. The Balaban J connectivity index is 2.27. The molecule has 0 aromatic heterocycles. The molecule has 0 aliphatic heterocycles. The maximum Gasteiger partial charge on any atom is 0.0156 e. The Morgan fingerprint density at radius 2 is 2.15 bits per heavy atom. The van der Waals surface area contributed by atoms with E-state index in [1.54, 1.807) is 0 Å². The Kier molecular flexibility index (Phi) is 4.24. The molecule has 1 aliphatic carbocycles. The molecule has 0 aromatic carbocycles. The molecule has 1 nitrogen and oxygen atoms in total. The molecule has 0 amide bonds. The second-order valence-electron chi connectivity index (χ2n) is 5.02. The zero-order chi connectivity index (χ0) is 9.73. The summed E-state index contributed by atoms with van der Waals surface area (Å²) in [5, 5.41) is 0. The minimum atomic E-state index is 0.201. The van der Waals surface area contributed by atoms with Gasteiger partial charge in [-0.1, -0.05) is 46.0 Å². The van der Waals surface area contributed by atoms with Gasteiger partial charge >= 0.3 is 0 Å². The number of unbranched alkanes of at least 4 members (excludes halogenated alkanes) is 2. The van der Waals surface area contributed by atoms with E-state index in [1.807, 2.05) is 0 Å². The number of nitrogens with two attached hydrogens (primary N) is 1. The molecule has 1 saturated carbocycles. The van der Waals surface area contributed by atoms with Gasteiger partial charge in [0.2, 0.25) is 0 Å². The summed E-state index contributed by atoms with van der Waals surface area (Å²) in [6.07, 6.45) is 10.5. The normalized spacial score (nSPS) is 34.8. The summed E-state index contributed by atoms with van der Waals surface area (Å²) >= 11 is 0. The molecule has 0 aromatic rings. The maximum absolute atomic E-state index is 6.39. The summed E-state index contributed by atoms with van der Waals surface area (Å²) in [5.74, 6) is 0.861. The third-order valence-corrected chi connectivity index (χ3v) is 3.40. The average Bonchev–Trinajstić information content (AvgIpc) is 2.04. The molecular weight excluding hydrogens is 158 g/mol. The first-order chi connectivity index (χ1) is 6.16. The van der Waals surface area contributed by atoms with Gasteiger partial charge in [0.1, 0.15) is 0 Å². The van der Waals surface area contributed by atoms with Crippen molar-refractivity contribution in [3.8, 4) is 0 Å². The van der Waals surface area contributed by atoms with Crippen molar-refractivity contribution in [2.75, 3.05) is 0 Å². The highest BCUT2D eigenvalue weighted by atomic mass is 14.7. The smallest absolute Gasteiger partial charge is 0.0156 e. The second-order valence-corrected chi connectivity index (χ2v) is 5.02. The van der Waals surface area contributed by atoms with Gasteiger partial charge in [-0.15, -0.1) is 0 Å². The lowest BCUT2D eigenvalue weighted by Crippen LogP contribution is -2.43. The molecule has 13 heavy (non-hydrogen) atoms. The van der Waals surface area contributed by atoms with Gasteiger partial charge in [0.05, 0.1) is 0 Å². The van der Waals surface area contributed by atoms with E-state index in [9.17, 15) is 0 Å². The number of hydrogen-bond donors (Lipinski definition) is 1. The third kappa shape index (κ3) is 3.68. The van der Waals surface area contributed by atoms with Crippen molar-refractivity contribution in [1.29, 1.82) is 0 Å². The summed E-state index contributed by atoms with van der Waals surface area (Å²) in [5.41, 5.74) is 6.59. The van der Waals surface area contributed by atoms with Crippen molar-refractivity contribution in [2.45, 2.75) is 70.8 Å². The molecule has 0 radical (unpaired) electrons. The highest BCUT2D eigenvalue weighted by molar-refractivity contribution is 4.89. The van der Waals surface area contributed by atoms with E-state index in [-0.39, 0.29) is 5.54 Å². The lowest BCUT2D eigenvalue weighted by Gasteiger charge is -2.37. The Bertz CT molecular complexity index is 144. The Hall–Kier alpha value is -0.0400. The molecule has 0 bridgehead atoms. The number of hydrogen-bond acceptors (Lipinski definition) is 1. The first kappa shape index (κ1) is 11.0. The van der Waals surface area contributed by atoms with Crippen LogP contribution in [0.5, 0.6) is 0 Å². The highest BCUT2D eigenvalue weighted by Crippen LogP contribution is 2.33. The van der Waals surface area contributed by atoms with E-state index in [2.05, 4.69) is 13.8 Å². The lowest BCUT2D eigenvalue weighted by atomic mass is 9.74. The van der Waals surface area contributed by atoms with Crippen LogP contribution < -0.4 is 5.73 Å². The molecular formula is C12H25N. The lowest BCUT2D eigenvalue weighted by molar-refractivity contribution is 0.218. The monoisotopic (exact) mass is 183 g/mol. The molecule has 1 fully saturated rings. The van der Waals surface area contributed by atoms with Crippen LogP contribution >= 0.6 is 0 Å². The largest absolute Gasteiger partial charge is 0.325 e. The Morgan fingerprint density at radius 3 is 2.77 bits per heavy atom. The van der Waals surface area contributed by atoms with Gasteiger partial charge in [0, 0.05) is 5.54 Å². The molecule has 1 aliphatic rings. The van der Waals surface area contributed by atoms with Gasteiger partial charge in [-0.3, -0.25) is 0 Å². The van der Waals surface area contributed by atoms with Crippen LogP contribution in [0.3, 0.4) is 0 Å². The van der Waals surface area contributed by atoms with Crippen molar-refractivity contribution >= 4 is 0 Å². The summed E-state index contributed by atoms with van der Waals surface area (Å²) in [7, 11) is 0. The summed E-state index contributed by atoms with van der Waals surface area (Å²) < 4.78 is 0. The Labute approximate surface area is 83.1 Å². The van der Waals surface area contributed by atoms with E-state index < -0.39 is 0 Å². The van der Waals surface area contributed by atoms with Crippen molar-refractivity contribution in [1.82, 2.24) is 0 Å². The van der Waals surface area contributed by atoms with Crippen molar-refractivity contribution in [3.05, 3.63) is 0 Å². The van der Waals surface area contributed by atoms with Crippen LogP contribution in [-0.4, -0.2) is 5.54 Å². The summed E-state index contributed by atoms with van der Waals surface area (Å²) in [6, 6.07) is 0. The predicted octanol–water partition coefficient (Wildman–Crippen LogP) is 3.47. The first-order valence-corrected chi connectivity index (χ1v) is 5.95. The van der Waals surface area contributed by atoms with Crippen LogP contribution in [0, 0.1) is 5.92 Å². The van der Waals surface area contributed by atoms with Crippen LogP contribution in [0.4, 0.5) is 0 Å². The van der Waals surface area contributed by atoms with Crippen molar-refractivity contribution in [2.24, 2.45) is 11.7 Å². The first-order valence-electron chi connectivity index (χ1n) is 5.95. The van der Waals surface area contributed by atoms with E-state index in [0.717, 1.165) is 5.92 Å². The second kappa shape index (κ2) is 4.99. The molecule has 2 atom stereocenters. The SMILES string of the molecule is CCCCCC1(N)CCCC(C)C1. The average molecular weight is 183 g/mol. The van der Waals surface area contributed by atoms with Crippen LogP contribution in [0.1, 0.15) is 65.2 Å². The van der Waals surface area contributed by atoms with Gasteiger partial charge in [0.15, 0.2) is 0 Å². The van der Waals surface area contributed by atoms with Gasteiger partial charge in [-0.25, -0.2) is 0 Å². The highest BCUT2D eigenvalue weighted by Gasteiger charge is 2.29. The minimum absolute atomic E-state index is 0.201. The molecule has 2 unspecified atom stereocenters. The number of rotatable bonds is 4. The topological polar surface area (TPSA) is 26.0 Å². The molecule has 0 saturated heterocycles.